The Morgan fingerprint density at radius 3 is 1.91 bits per heavy atom. The zero-order chi connectivity index (χ0) is 25.7. The molecular formula is C32H44O2. The molecule has 0 fully saturated rings. The zero-order valence-corrected chi connectivity index (χ0v) is 22.5. The molecule has 2 nitrogen and oxygen atoms in total. The lowest BCUT2D eigenvalue weighted by Gasteiger charge is -2.40. The molecule has 0 aliphatic heterocycles. The second-order valence-corrected chi connectivity index (χ2v) is 9.88. The van der Waals surface area contributed by atoms with Crippen molar-refractivity contribution >= 4 is 5.97 Å². The fraction of sp³-hybridized carbons (Fsp3) is 0.406. The fourth-order valence-electron chi connectivity index (χ4n) is 4.29. The van der Waals surface area contributed by atoms with Crippen LogP contribution < -0.4 is 0 Å². The van der Waals surface area contributed by atoms with Gasteiger partial charge in [0.05, 0.1) is 0 Å². The molecule has 0 amide bonds. The molecule has 1 N–H and O–H groups in total. The third kappa shape index (κ3) is 9.95. The number of hydrogen-bond acceptors (Lipinski definition) is 1. The van der Waals surface area contributed by atoms with E-state index in [1.807, 2.05) is 31.2 Å². The van der Waals surface area contributed by atoms with E-state index in [1.54, 1.807) is 19.1 Å². The van der Waals surface area contributed by atoms with Crippen molar-refractivity contribution in [1.29, 1.82) is 0 Å². The molecule has 1 unspecified atom stereocenters. The summed E-state index contributed by atoms with van der Waals surface area (Å²) in [4.78, 5) is 10.8. The van der Waals surface area contributed by atoms with Crippen LogP contribution in [0.15, 0.2) is 106 Å². The van der Waals surface area contributed by atoms with Gasteiger partial charge in [0.25, 0.3) is 0 Å². The molecule has 184 valence electrons. The summed E-state index contributed by atoms with van der Waals surface area (Å²) in [5.74, 6) is -0.139. The summed E-state index contributed by atoms with van der Waals surface area (Å²) in [7, 11) is 0. The van der Waals surface area contributed by atoms with E-state index in [0.29, 0.717) is 5.57 Å². The number of carbonyl (C=O) groups is 1. The summed E-state index contributed by atoms with van der Waals surface area (Å²) in [6.07, 6.45) is 28.0. The SMILES string of the molecule is CCC1CCC(C)=C(/C=C/C(C)=C/C=C/C(C)=C/C=C/C=C(C)/C=C/C=C(\C)C(=O)O)C1(C)C. The molecular weight excluding hydrogens is 416 g/mol. The van der Waals surface area contributed by atoms with Gasteiger partial charge in [-0.2, -0.15) is 0 Å². The maximum atomic E-state index is 10.8. The number of rotatable bonds is 10. The van der Waals surface area contributed by atoms with Crippen molar-refractivity contribution in [3.63, 3.8) is 0 Å². The van der Waals surface area contributed by atoms with Crippen LogP contribution in [-0.2, 0) is 4.79 Å². The van der Waals surface area contributed by atoms with Gasteiger partial charge in [-0.05, 0) is 64.4 Å². The first kappa shape index (κ1) is 29.2. The van der Waals surface area contributed by atoms with Crippen LogP contribution in [0.1, 0.15) is 74.7 Å². The van der Waals surface area contributed by atoms with Gasteiger partial charge in [-0.3, -0.25) is 0 Å². The van der Waals surface area contributed by atoms with Crippen molar-refractivity contribution in [1.82, 2.24) is 0 Å². The highest BCUT2D eigenvalue weighted by Crippen LogP contribution is 2.46. The van der Waals surface area contributed by atoms with Crippen LogP contribution in [0.2, 0.25) is 0 Å². The molecule has 0 heterocycles. The van der Waals surface area contributed by atoms with Crippen LogP contribution >= 0.6 is 0 Å². The topological polar surface area (TPSA) is 37.3 Å². The predicted octanol–water partition coefficient (Wildman–Crippen LogP) is 9.24. The number of hydrogen-bond donors (Lipinski definition) is 1. The Labute approximate surface area is 208 Å². The Hall–Kier alpha value is -2.87. The number of carboxylic acids is 1. The summed E-state index contributed by atoms with van der Waals surface area (Å²) in [5, 5.41) is 8.84. The van der Waals surface area contributed by atoms with E-state index < -0.39 is 5.97 Å². The highest BCUT2D eigenvalue weighted by Gasteiger charge is 2.34. The Bertz CT molecular complexity index is 982. The van der Waals surface area contributed by atoms with Crippen LogP contribution in [0.5, 0.6) is 0 Å². The van der Waals surface area contributed by atoms with Gasteiger partial charge in [-0.1, -0.05) is 122 Å². The first-order valence-electron chi connectivity index (χ1n) is 12.3. The Morgan fingerprint density at radius 1 is 0.882 bits per heavy atom. The van der Waals surface area contributed by atoms with E-state index in [9.17, 15) is 4.79 Å². The Kier molecular flexibility index (Phi) is 12.4. The third-order valence-electron chi connectivity index (χ3n) is 6.64. The van der Waals surface area contributed by atoms with Crippen LogP contribution in [0.3, 0.4) is 0 Å². The van der Waals surface area contributed by atoms with Crippen LogP contribution in [0.4, 0.5) is 0 Å². The first-order valence-corrected chi connectivity index (χ1v) is 12.3. The molecule has 0 saturated heterocycles. The molecule has 0 spiro atoms. The lowest BCUT2D eigenvalue weighted by molar-refractivity contribution is -0.132. The minimum absolute atomic E-state index is 0.242. The van der Waals surface area contributed by atoms with Crippen LogP contribution in [0, 0.1) is 11.3 Å². The summed E-state index contributed by atoms with van der Waals surface area (Å²) in [6.45, 7) is 17.2. The molecule has 2 heteroatoms. The van der Waals surface area contributed by atoms with E-state index in [4.69, 9.17) is 5.11 Å². The maximum Gasteiger partial charge on any atom is 0.331 e. The molecule has 0 radical (unpaired) electrons. The van der Waals surface area contributed by atoms with E-state index >= 15 is 0 Å². The Morgan fingerprint density at radius 2 is 1.38 bits per heavy atom. The van der Waals surface area contributed by atoms with Crippen molar-refractivity contribution in [2.45, 2.75) is 74.7 Å². The van der Waals surface area contributed by atoms with E-state index in [-0.39, 0.29) is 5.41 Å². The maximum absolute atomic E-state index is 10.8. The van der Waals surface area contributed by atoms with E-state index in [1.165, 1.54) is 41.6 Å². The highest BCUT2D eigenvalue weighted by atomic mass is 16.4. The molecule has 1 atom stereocenters. The third-order valence-corrected chi connectivity index (χ3v) is 6.64. The van der Waals surface area contributed by atoms with Crippen LogP contribution in [-0.4, -0.2) is 11.1 Å². The molecule has 1 aliphatic rings. The van der Waals surface area contributed by atoms with Gasteiger partial charge in [0.15, 0.2) is 0 Å². The number of carboxylic acid groups (broad SMARTS) is 1. The van der Waals surface area contributed by atoms with Crippen LogP contribution in [0.25, 0.3) is 0 Å². The van der Waals surface area contributed by atoms with Gasteiger partial charge in [-0.15, -0.1) is 0 Å². The summed E-state index contributed by atoms with van der Waals surface area (Å²) in [5.41, 5.74) is 7.07. The van der Waals surface area contributed by atoms with E-state index in [0.717, 1.165) is 11.5 Å². The lowest BCUT2D eigenvalue weighted by Crippen LogP contribution is -2.29. The average Bonchev–Trinajstić information content (AvgIpc) is 2.76. The minimum Gasteiger partial charge on any atom is -0.478 e. The second-order valence-electron chi connectivity index (χ2n) is 9.88. The normalized spacial score (nSPS) is 21.1. The summed E-state index contributed by atoms with van der Waals surface area (Å²) < 4.78 is 0. The monoisotopic (exact) mass is 460 g/mol. The summed E-state index contributed by atoms with van der Waals surface area (Å²) >= 11 is 0. The smallest absolute Gasteiger partial charge is 0.331 e. The molecule has 0 aromatic heterocycles. The zero-order valence-electron chi connectivity index (χ0n) is 22.5. The van der Waals surface area contributed by atoms with Gasteiger partial charge in [0, 0.05) is 5.57 Å². The van der Waals surface area contributed by atoms with Gasteiger partial charge < -0.3 is 5.11 Å². The molecule has 1 aliphatic carbocycles. The first-order chi connectivity index (χ1) is 16.0. The van der Waals surface area contributed by atoms with Gasteiger partial charge >= 0.3 is 5.97 Å². The molecule has 0 aromatic rings. The molecule has 0 saturated carbocycles. The highest BCUT2D eigenvalue weighted by molar-refractivity contribution is 5.86. The number of allylic oxidation sites excluding steroid dienone is 17. The predicted molar refractivity (Wildman–Crippen MR) is 149 cm³/mol. The molecule has 0 aromatic carbocycles. The van der Waals surface area contributed by atoms with Crippen molar-refractivity contribution in [3.8, 4) is 0 Å². The summed E-state index contributed by atoms with van der Waals surface area (Å²) in [6, 6.07) is 0. The van der Waals surface area contributed by atoms with Crippen molar-refractivity contribution in [2.24, 2.45) is 11.3 Å². The molecule has 1 rings (SSSR count). The van der Waals surface area contributed by atoms with Crippen molar-refractivity contribution in [3.05, 3.63) is 106 Å². The lowest BCUT2D eigenvalue weighted by atomic mass is 9.64. The van der Waals surface area contributed by atoms with E-state index in [2.05, 4.69) is 78.0 Å². The Balaban J connectivity index is 2.72. The standard InChI is InChI=1S/C32H44O2/c1-9-29-22-21-27(5)30(32(29,7)8)23-20-26(4)17-12-16-24(2)14-10-11-15-25(3)18-13-19-28(6)31(33)34/h10-20,23,29H,9,21-22H2,1-8H3,(H,33,34)/b11-10+,16-12+,18-13+,23-20+,24-14+,25-15+,26-17+,28-19+. The minimum atomic E-state index is -0.897. The van der Waals surface area contributed by atoms with Gasteiger partial charge in [0.1, 0.15) is 0 Å². The number of aliphatic carboxylic acids is 1. The van der Waals surface area contributed by atoms with Gasteiger partial charge in [-0.25, -0.2) is 4.79 Å². The molecule has 34 heavy (non-hydrogen) atoms. The fourth-order valence-corrected chi connectivity index (χ4v) is 4.29. The molecule has 0 bridgehead atoms. The largest absolute Gasteiger partial charge is 0.478 e. The van der Waals surface area contributed by atoms with Gasteiger partial charge in [0.2, 0.25) is 0 Å². The quantitative estimate of drug-likeness (QED) is 0.260. The van der Waals surface area contributed by atoms with Crippen molar-refractivity contribution in [2.75, 3.05) is 0 Å². The average molecular weight is 461 g/mol. The van der Waals surface area contributed by atoms with Crippen molar-refractivity contribution < 1.29 is 9.90 Å². The second kappa shape index (κ2) is 14.4.